The zero-order valence-corrected chi connectivity index (χ0v) is 9.54. The van der Waals surface area contributed by atoms with Gasteiger partial charge in [0.05, 0.1) is 18.7 Å². The molecule has 0 radical (unpaired) electrons. The van der Waals surface area contributed by atoms with Crippen molar-refractivity contribution in [3.8, 4) is 5.75 Å². The summed E-state index contributed by atoms with van der Waals surface area (Å²) in [6, 6.07) is 1.91. The van der Waals surface area contributed by atoms with Crippen molar-refractivity contribution in [3.63, 3.8) is 0 Å². The molecule has 1 fully saturated rings. The minimum absolute atomic E-state index is 0.487. The van der Waals surface area contributed by atoms with E-state index >= 15 is 0 Å². The van der Waals surface area contributed by atoms with Crippen LogP contribution in [0.5, 0.6) is 5.75 Å². The van der Waals surface area contributed by atoms with Gasteiger partial charge in [-0.1, -0.05) is 19.3 Å². The van der Waals surface area contributed by atoms with E-state index in [9.17, 15) is 0 Å². The second kappa shape index (κ2) is 5.36. The first kappa shape index (κ1) is 10.7. The van der Waals surface area contributed by atoms with Crippen LogP contribution >= 0.6 is 11.6 Å². The molecule has 0 amide bonds. The quantitative estimate of drug-likeness (QED) is 0.717. The highest BCUT2D eigenvalue weighted by molar-refractivity contribution is 6.17. The first-order chi connectivity index (χ1) is 7.40. The summed E-state index contributed by atoms with van der Waals surface area (Å²) < 4.78 is 5.69. The number of alkyl halides is 1. The van der Waals surface area contributed by atoms with Crippen LogP contribution in [0.2, 0.25) is 0 Å². The van der Waals surface area contributed by atoms with Gasteiger partial charge < -0.3 is 4.74 Å². The third kappa shape index (κ3) is 2.85. The van der Waals surface area contributed by atoms with Gasteiger partial charge in [-0.3, -0.25) is 4.98 Å². The Morgan fingerprint density at radius 1 is 1.47 bits per heavy atom. The van der Waals surface area contributed by atoms with Gasteiger partial charge in [0.25, 0.3) is 0 Å². The fraction of sp³-hybridized carbons (Fsp3) is 0.583. The van der Waals surface area contributed by atoms with E-state index in [1.807, 2.05) is 6.07 Å². The Balaban J connectivity index is 1.81. The largest absolute Gasteiger partial charge is 0.492 e. The van der Waals surface area contributed by atoms with E-state index in [1.54, 1.807) is 12.4 Å². The number of ether oxygens (including phenoxy) is 1. The van der Waals surface area contributed by atoms with Crippen LogP contribution in [0, 0.1) is 5.92 Å². The van der Waals surface area contributed by atoms with Crippen molar-refractivity contribution >= 4 is 11.6 Å². The van der Waals surface area contributed by atoms with Gasteiger partial charge in [-0.15, -0.1) is 11.6 Å². The lowest BCUT2D eigenvalue weighted by molar-refractivity contribution is 0.220. The highest BCUT2D eigenvalue weighted by atomic mass is 35.5. The number of hydrogen-bond acceptors (Lipinski definition) is 2. The van der Waals surface area contributed by atoms with E-state index in [-0.39, 0.29) is 0 Å². The summed E-state index contributed by atoms with van der Waals surface area (Å²) in [6.45, 7) is 0.792. The molecule has 0 aliphatic heterocycles. The lowest BCUT2D eigenvalue weighted by atomic mass is 9.83. The van der Waals surface area contributed by atoms with E-state index in [4.69, 9.17) is 16.3 Å². The molecule has 0 unspecified atom stereocenters. The minimum Gasteiger partial charge on any atom is -0.492 e. The minimum atomic E-state index is 0.487. The molecule has 0 aromatic carbocycles. The van der Waals surface area contributed by atoms with E-state index in [1.165, 1.54) is 19.3 Å². The molecule has 0 spiro atoms. The van der Waals surface area contributed by atoms with Gasteiger partial charge in [-0.05, 0) is 18.4 Å². The molecule has 1 aromatic rings. The van der Waals surface area contributed by atoms with Crippen molar-refractivity contribution in [2.45, 2.75) is 31.6 Å². The fourth-order valence-electron chi connectivity index (χ4n) is 1.77. The van der Waals surface area contributed by atoms with Crippen LogP contribution < -0.4 is 4.74 Å². The summed E-state index contributed by atoms with van der Waals surface area (Å²) in [5.41, 5.74) is 1.03. The molecule has 0 N–H and O–H groups in total. The Morgan fingerprint density at radius 3 is 3.00 bits per heavy atom. The molecule has 15 heavy (non-hydrogen) atoms. The fourth-order valence-corrected chi connectivity index (χ4v) is 1.99. The topological polar surface area (TPSA) is 22.1 Å². The third-order valence-electron chi connectivity index (χ3n) is 3.02. The number of hydrogen-bond donors (Lipinski definition) is 0. The molecule has 0 saturated heterocycles. The number of halogens is 1. The summed E-state index contributed by atoms with van der Waals surface area (Å²) in [7, 11) is 0. The average Bonchev–Trinajstić information content (AvgIpc) is 2.22. The van der Waals surface area contributed by atoms with E-state index < -0.39 is 0 Å². The smallest absolute Gasteiger partial charge is 0.141 e. The van der Waals surface area contributed by atoms with Crippen LogP contribution in [0.15, 0.2) is 18.5 Å². The average molecular weight is 226 g/mol. The Labute approximate surface area is 95.6 Å². The van der Waals surface area contributed by atoms with Gasteiger partial charge in [-0.2, -0.15) is 0 Å². The van der Waals surface area contributed by atoms with Crippen molar-refractivity contribution in [2.24, 2.45) is 5.92 Å². The zero-order chi connectivity index (χ0) is 10.5. The monoisotopic (exact) mass is 225 g/mol. The van der Waals surface area contributed by atoms with Crippen LogP contribution in [0.1, 0.15) is 31.2 Å². The van der Waals surface area contributed by atoms with Crippen molar-refractivity contribution in [1.29, 1.82) is 0 Å². The van der Waals surface area contributed by atoms with E-state index in [0.717, 1.165) is 30.3 Å². The molecular formula is C12H16ClNO. The molecule has 1 aliphatic rings. The summed E-state index contributed by atoms with van der Waals surface area (Å²) in [5, 5.41) is 0. The van der Waals surface area contributed by atoms with Crippen molar-refractivity contribution in [1.82, 2.24) is 4.98 Å². The van der Waals surface area contributed by atoms with Gasteiger partial charge in [-0.25, -0.2) is 0 Å². The molecule has 1 saturated carbocycles. The molecule has 1 aromatic heterocycles. The standard InChI is InChI=1S/C12H16ClNO/c13-8-11-4-6-14-9-12(11)15-7-5-10-2-1-3-10/h4,6,9-10H,1-3,5,7-8H2. The van der Waals surface area contributed by atoms with E-state index in [0.29, 0.717) is 5.88 Å². The summed E-state index contributed by atoms with van der Waals surface area (Å²) in [5.74, 6) is 2.22. The number of rotatable bonds is 5. The maximum absolute atomic E-state index is 5.80. The maximum Gasteiger partial charge on any atom is 0.141 e. The van der Waals surface area contributed by atoms with Crippen LogP contribution in [0.4, 0.5) is 0 Å². The Hall–Kier alpha value is -0.760. The van der Waals surface area contributed by atoms with Crippen LogP contribution in [0.25, 0.3) is 0 Å². The Morgan fingerprint density at radius 2 is 2.33 bits per heavy atom. The second-order valence-corrected chi connectivity index (χ2v) is 4.32. The lowest BCUT2D eigenvalue weighted by Crippen LogP contribution is -2.14. The second-order valence-electron chi connectivity index (χ2n) is 4.05. The van der Waals surface area contributed by atoms with Crippen LogP contribution in [-0.2, 0) is 5.88 Å². The molecule has 2 nitrogen and oxygen atoms in total. The van der Waals surface area contributed by atoms with Crippen LogP contribution in [0.3, 0.4) is 0 Å². The number of nitrogens with zero attached hydrogens (tertiary/aromatic N) is 1. The number of aromatic nitrogens is 1. The molecule has 1 aliphatic carbocycles. The highest BCUT2D eigenvalue weighted by Gasteiger charge is 2.17. The first-order valence-electron chi connectivity index (χ1n) is 5.52. The van der Waals surface area contributed by atoms with Crippen LogP contribution in [-0.4, -0.2) is 11.6 Å². The molecule has 3 heteroatoms. The summed E-state index contributed by atoms with van der Waals surface area (Å²) in [6.07, 6.45) is 8.80. The Kier molecular flexibility index (Phi) is 3.84. The predicted molar refractivity (Wildman–Crippen MR) is 61.2 cm³/mol. The molecule has 1 heterocycles. The van der Waals surface area contributed by atoms with Gasteiger partial charge in [0.15, 0.2) is 0 Å². The Bertz CT molecular complexity index is 312. The highest BCUT2D eigenvalue weighted by Crippen LogP contribution is 2.29. The lowest BCUT2D eigenvalue weighted by Gasteiger charge is -2.25. The molecule has 82 valence electrons. The first-order valence-corrected chi connectivity index (χ1v) is 6.05. The van der Waals surface area contributed by atoms with Crippen molar-refractivity contribution in [2.75, 3.05) is 6.61 Å². The summed E-state index contributed by atoms with van der Waals surface area (Å²) in [4.78, 5) is 4.04. The van der Waals surface area contributed by atoms with Crippen molar-refractivity contribution in [3.05, 3.63) is 24.0 Å². The van der Waals surface area contributed by atoms with Gasteiger partial charge in [0.1, 0.15) is 5.75 Å². The van der Waals surface area contributed by atoms with Gasteiger partial charge >= 0.3 is 0 Å². The normalized spacial score (nSPS) is 16.1. The van der Waals surface area contributed by atoms with Gasteiger partial charge in [0.2, 0.25) is 0 Å². The zero-order valence-electron chi connectivity index (χ0n) is 8.79. The third-order valence-corrected chi connectivity index (χ3v) is 3.31. The molecule has 2 rings (SSSR count). The molecule has 0 bridgehead atoms. The maximum atomic E-state index is 5.80. The number of pyridine rings is 1. The van der Waals surface area contributed by atoms with Crippen molar-refractivity contribution < 1.29 is 4.74 Å². The summed E-state index contributed by atoms with van der Waals surface area (Å²) >= 11 is 5.80. The van der Waals surface area contributed by atoms with Gasteiger partial charge in [0, 0.05) is 11.8 Å². The molecular weight excluding hydrogens is 210 g/mol. The molecule has 0 atom stereocenters. The SMILES string of the molecule is ClCc1ccncc1OCCC1CCC1. The predicted octanol–water partition coefficient (Wildman–Crippen LogP) is 3.39. The van der Waals surface area contributed by atoms with E-state index in [2.05, 4.69) is 4.98 Å².